The minimum Gasteiger partial charge on any atom is -0.366 e. The lowest BCUT2D eigenvalue weighted by molar-refractivity contribution is 0.462. The molecule has 1 aromatic carbocycles. The maximum Gasteiger partial charge on any atom is 0.224 e. The molecule has 1 saturated carbocycles. The minimum absolute atomic E-state index is 0.372. The van der Waals surface area contributed by atoms with Gasteiger partial charge in [-0.2, -0.15) is 15.5 Å². The molecule has 0 bridgehead atoms. The lowest BCUT2D eigenvalue weighted by Gasteiger charge is -2.23. The molecule has 30 heavy (non-hydrogen) atoms. The predicted octanol–water partition coefficient (Wildman–Crippen LogP) is 4.41. The quantitative estimate of drug-likeness (QED) is 0.566. The first-order valence-corrected chi connectivity index (χ1v) is 10.5. The van der Waals surface area contributed by atoms with Gasteiger partial charge in [-0.05, 0) is 49.9 Å². The van der Waals surface area contributed by atoms with E-state index in [-0.39, 0.29) is 0 Å². The summed E-state index contributed by atoms with van der Waals surface area (Å²) in [5, 5.41) is 26.4. The van der Waals surface area contributed by atoms with E-state index in [9.17, 15) is 10.5 Å². The van der Waals surface area contributed by atoms with E-state index in [2.05, 4.69) is 37.7 Å². The zero-order valence-electron chi connectivity index (χ0n) is 17.1. The van der Waals surface area contributed by atoms with Crippen molar-refractivity contribution in [3.63, 3.8) is 0 Å². The Morgan fingerprint density at radius 3 is 2.77 bits per heavy atom. The zero-order valence-corrected chi connectivity index (χ0v) is 17.1. The Hall–Kier alpha value is -3.58. The van der Waals surface area contributed by atoms with Crippen LogP contribution in [0.25, 0.3) is 10.9 Å². The Bertz CT molecular complexity index is 1130. The first kappa shape index (κ1) is 19.7. The van der Waals surface area contributed by atoms with E-state index in [1.807, 2.05) is 25.1 Å². The van der Waals surface area contributed by atoms with Gasteiger partial charge >= 0.3 is 0 Å². The Kier molecular flexibility index (Phi) is 5.81. The van der Waals surface area contributed by atoms with Crippen LogP contribution < -0.4 is 10.6 Å². The highest BCUT2D eigenvalue weighted by Gasteiger charge is 2.16. The number of aromatic amines is 1. The molecule has 0 aliphatic heterocycles. The van der Waals surface area contributed by atoms with Crippen LogP contribution in [0.3, 0.4) is 0 Å². The monoisotopic (exact) mass is 399 g/mol. The number of hydrogen-bond donors (Lipinski definition) is 3. The van der Waals surface area contributed by atoms with Crippen molar-refractivity contribution >= 4 is 22.7 Å². The molecular weight excluding hydrogens is 374 g/mol. The van der Waals surface area contributed by atoms with Gasteiger partial charge in [0.2, 0.25) is 5.95 Å². The van der Waals surface area contributed by atoms with Crippen LogP contribution in [0.2, 0.25) is 0 Å². The number of aromatic nitrogens is 3. The zero-order chi connectivity index (χ0) is 20.9. The molecule has 3 N–H and O–H groups in total. The molecule has 1 aliphatic carbocycles. The lowest BCUT2D eigenvalue weighted by Crippen LogP contribution is -2.24. The van der Waals surface area contributed by atoms with Crippen LogP contribution >= 0.6 is 0 Å². The fourth-order valence-corrected chi connectivity index (χ4v) is 4.17. The molecule has 7 heteroatoms. The highest BCUT2D eigenvalue weighted by Crippen LogP contribution is 2.25. The van der Waals surface area contributed by atoms with Gasteiger partial charge in [0.25, 0.3) is 0 Å². The molecule has 1 aliphatic rings. The van der Waals surface area contributed by atoms with Gasteiger partial charge in [-0.3, -0.25) is 0 Å². The molecule has 0 radical (unpaired) electrons. The summed E-state index contributed by atoms with van der Waals surface area (Å²) in [7, 11) is 0. The summed E-state index contributed by atoms with van der Waals surface area (Å²) in [6, 6.07) is 10.5. The standard InChI is InChI=1S/C23H25N7/c1-15-19(20-11-16(12-24)7-8-21(20)28-15)9-10-26-23-27-14-17(13-25)22(30-23)29-18-5-3-2-4-6-18/h7-8,11,14,18,28H,2-6,9-10H2,1H3,(H2,26,27,29,30). The Balaban J connectivity index is 1.46. The van der Waals surface area contributed by atoms with E-state index >= 15 is 0 Å². The number of fused-ring (bicyclic) bond motifs is 1. The molecule has 2 aromatic heterocycles. The van der Waals surface area contributed by atoms with Crippen LogP contribution in [0.5, 0.6) is 0 Å². The molecule has 0 spiro atoms. The highest BCUT2D eigenvalue weighted by molar-refractivity contribution is 5.86. The second-order valence-electron chi connectivity index (χ2n) is 7.82. The molecule has 0 atom stereocenters. The molecule has 7 nitrogen and oxygen atoms in total. The molecule has 152 valence electrons. The topological polar surface area (TPSA) is 113 Å². The summed E-state index contributed by atoms with van der Waals surface area (Å²) in [5.41, 5.74) is 4.45. The van der Waals surface area contributed by atoms with Crippen molar-refractivity contribution in [2.75, 3.05) is 17.2 Å². The Morgan fingerprint density at radius 1 is 1.17 bits per heavy atom. The van der Waals surface area contributed by atoms with Crippen molar-refractivity contribution in [3.05, 3.63) is 46.8 Å². The van der Waals surface area contributed by atoms with Crippen LogP contribution in [-0.4, -0.2) is 27.5 Å². The van der Waals surface area contributed by atoms with Crippen molar-refractivity contribution in [2.45, 2.75) is 51.5 Å². The summed E-state index contributed by atoms with van der Waals surface area (Å²) in [6.07, 6.45) is 8.29. The summed E-state index contributed by atoms with van der Waals surface area (Å²) in [4.78, 5) is 12.2. The SMILES string of the molecule is Cc1[nH]c2ccc(C#N)cc2c1CCNc1ncc(C#N)c(NC2CCCCC2)n1. The average Bonchev–Trinajstić information content (AvgIpc) is 3.09. The maximum atomic E-state index is 9.40. The second kappa shape index (κ2) is 8.84. The van der Waals surface area contributed by atoms with Crippen LogP contribution in [0, 0.1) is 29.6 Å². The minimum atomic E-state index is 0.372. The van der Waals surface area contributed by atoms with E-state index in [0.29, 0.717) is 35.5 Å². The van der Waals surface area contributed by atoms with Crippen molar-refractivity contribution in [1.82, 2.24) is 15.0 Å². The van der Waals surface area contributed by atoms with E-state index in [1.54, 1.807) is 6.20 Å². The first-order chi connectivity index (χ1) is 14.7. The molecule has 0 saturated heterocycles. The fraction of sp³-hybridized carbons (Fsp3) is 0.391. The number of rotatable bonds is 6. The molecule has 4 rings (SSSR count). The van der Waals surface area contributed by atoms with Crippen molar-refractivity contribution in [1.29, 1.82) is 10.5 Å². The Labute approximate surface area is 176 Å². The van der Waals surface area contributed by atoms with Gasteiger partial charge in [-0.25, -0.2) is 4.98 Å². The number of nitrogens with zero attached hydrogens (tertiary/aromatic N) is 4. The van der Waals surface area contributed by atoms with Gasteiger partial charge in [0.05, 0.1) is 17.8 Å². The summed E-state index contributed by atoms with van der Waals surface area (Å²) < 4.78 is 0. The maximum absolute atomic E-state index is 9.40. The smallest absolute Gasteiger partial charge is 0.224 e. The molecule has 0 amide bonds. The number of H-pyrrole nitrogens is 1. The van der Waals surface area contributed by atoms with Crippen molar-refractivity contribution in [2.24, 2.45) is 0 Å². The van der Waals surface area contributed by atoms with E-state index in [1.165, 1.54) is 24.8 Å². The number of nitriles is 2. The van der Waals surface area contributed by atoms with E-state index < -0.39 is 0 Å². The fourth-order valence-electron chi connectivity index (χ4n) is 4.17. The van der Waals surface area contributed by atoms with Gasteiger partial charge in [-0.1, -0.05) is 19.3 Å². The molecular formula is C23H25N7. The third-order valence-electron chi connectivity index (χ3n) is 5.76. The third kappa shape index (κ3) is 4.21. The average molecular weight is 400 g/mol. The lowest BCUT2D eigenvalue weighted by atomic mass is 9.95. The van der Waals surface area contributed by atoms with Crippen LogP contribution in [0.4, 0.5) is 11.8 Å². The third-order valence-corrected chi connectivity index (χ3v) is 5.76. The summed E-state index contributed by atoms with van der Waals surface area (Å²) >= 11 is 0. The van der Waals surface area contributed by atoms with Gasteiger partial charge in [0, 0.05) is 29.2 Å². The van der Waals surface area contributed by atoms with Crippen molar-refractivity contribution < 1.29 is 0 Å². The molecule has 2 heterocycles. The predicted molar refractivity (Wildman–Crippen MR) is 117 cm³/mol. The number of aryl methyl sites for hydroxylation is 1. The Morgan fingerprint density at radius 2 is 2.00 bits per heavy atom. The van der Waals surface area contributed by atoms with Crippen LogP contribution in [0.15, 0.2) is 24.4 Å². The largest absolute Gasteiger partial charge is 0.366 e. The van der Waals surface area contributed by atoms with Crippen LogP contribution in [-0.2, 0) is 6.42 Å². The van der Waals surface area contributed by atoms with Gasteiger partial charge in [0.1, 0.15) is 17.5 Å². The number of anilines is 2. The molecule has 3 aromatic rings. The number of hydrogen-bond acceptors (Lipinski definition) is 6. The molecule has 1 fully saturated rings. The summed E-state index contributed by atoms with van der Waals surface area (Å²) in [6.45, 7) is 2.70. The molecule has 0 unspecified atom stereocenters. The summed E-state index contributed by atoms with van der Waals surface area (Å²) in [5.74, 6) is 1.13. The van der Waals surface area contributed by atoms with E-state index in [4.69, 9.17) is 0 Å². The van der Waals surface area contributed by atoms with Crippen molar-refractivity contribution in [3.8, 4) is 12.1 Å². The van der Waals surface area contributed by atoms with Gasteiger partial charge in [0.15, 0.2) is 0 Å². The normalized spacial score (nSPS) is 14.2. The van der Waals surface area contributed by atoms with Crippen LogP contribution in [0.1, 0.15) is 54.5 Å². The van der Waals surface area contributed by atoms with Gasteiger partial charge in [-0.15, -0.1) is 0 Å². The number of nitrogens with one attached hydrogen (secondary N) is 3. The first-order valence-electron chi connectivity index (χ1n) is 10.5. The second-order valence-corrected chi connectivity index (χ2v) is 7.82. The van der Waals surface area contributed by atoms with E-state index in [0.717, 1.165) is 35.9 Å². The highest BCUT2D eigenvalue weighted by atomic mass is 15.1. The number of benzene rings is 1. The van der Waals surface area contributed by atoms with Gasteiger partial charge < -0.3 is 15.6 Å².